The quantitative estimate of drug-likeness (QED) is 0.592. The zero-order chi connectivity index (χ0) is 8.11. The number of rotatable bonds is 1. The van der Waals surface area contributed by atoms with Gasteiger partial charge in [0.1, 0.15) is 0 Å². The van der Waals surface area contributed by atoms with E-state index in [1.54, 1.807) is 0 Å². The Bertz CT molecular complexity index is 158. The summed E-state index contributed by atoms with van der Waals surface area (Å²) in [5.41, 5.74) is 0.0529. The highest BCUT2D eigenvalue weighted by Crippen LogP contribution is 2.62. The summed E-state index contributed by atoms with van der Waals surface area (Å²) in [6.45, 7) is 2.24. The standard InChI is InChI=1S/C9H16O2/c1-8(11)5-9(6-8)2-7(3-9)4-10/h7,10-11H,2-6H2,1H3. The zero-order valence-electron chi connectivity index (χ0n) is 7.01. The van der Waals surface area contributed by atoms with Crippen LogP contribution in [-0.4, -0.2) is 22.4 Å². The van der Waals surface area contributed by atoms with E-state index in [9.17, 15) is 5.11 Å². The van der Waals surface area contributed by atoms with Crippen molar-refractivity contribution < 1.29 is 10.2 Å². The van der Waals surface area contributed by atoms with Gasteiger partial charge in [-0.05, 0) is 43.9 Å². The second-order valence-corrected chi connectivity index (χ2v) is 4.81. The Labute approximate surface area is 67.2 Å². The molecular weight excluding hydrogens is 140 g/mol. The minimum Gasteiger partial charge on any atom is -0.396 e. The van der Waals surface area contributed by atoms with E-state index >= 15 is 0 Å². The van der Waals surface area contributed by atoms with Crippen molar-refractivity contribution in [2.24, 2.45) is 11.3 Å². The van der Waals surface area contributed by atoms with Gasteiger partial charge in [-0.1, -0.05) is 0 Å². The van der Waals surface area contributed by atoms with Gasteiger partial charge in [-0.15, -0.1) is 0 Å². The molecule has 64 valence electrons. The average Bonchev–Trinajstić information content (AvgIpc) is 1.75. The van der Waals surface area contributed by atoms with Crippen molar-refractivity contribution in [2.45, 2.75) is 38.2 Å². The fourth-order valence-electron chi connectivity index (χ4n) is 3.15. The normalized spacial score (nSPS) is 55.4. The van der Waals surface area contributed by atoms with Crippen LogP contribution in [0.1, 0.15) is 32.6 Å². The summed E-state index contributed by atoms with van der Waals surface area (Å²) in [5.74, 6) is 0.533. The van der Waals surface area contributed by atoms with Crippen molar-refractivity contribution in [2.75, 3.05) is 6.61 Å². The highest BCUT2D eigenvalue weighted by Gasteiger charge is 2.57. The van der Waals surface area contributed by atoms with Crippen molar-refractivity contribution in [3.8, 4) is 0 Å². The Morgan fingerprint density at radius 2 is 1.91 bits per heavy atom. The molecule has 2 fully saturated rings. The van der Waals surface area contributed by atoms with Crippen LogP contribution in [0.5, 0.6) is 0 Å². The lowest BCUT2D eigenvalue weighted by Gasteiger charge is -2.60. The monoisotopic (exact) mass is 156 g/mol. The van der Waals surface area contributed by atoms with Crippen LogP contribution >= 0.6 is 0 Å². The van der Waals surface area contributed by atoms with Gasteiger partial charge >= 0.3 is 0 Å². The Kier molecular flexibility index (Phi) is 1.37. The summed E-state index contributed by atoms with van der Waals surface area (Å²) in [6.07, 6.45) is 4.19. The van der Waals surface area contributed by atoms with Gasteiger partial charge in [0.05, 0.1) is 5.60 Å². The van der Waals surface area contributed by atoms with Gasteiger partial charge in [0.2, 0.25) is 0 Å². The summed E-state index contributed by atoms with van der Waals surface area (Å²) in [6, 6.07) is 0. The summed E-state index contributed by atoms with van der Waals surface area (Å²) in [7, 11) is 0. The predicted octanol–water partition coefficient (Wildman–Crippen LogP) is 0.920. The van der Waals surface area contributed by atoms with Crippen LogP contribution in [0.3, 0.4) is 0 Å². The molecule has 0 amide bonds. The lowest BCUT2D eigenvalue weighted by atomic mass is 9.47. The van der Waals surface area contributed by atoms with Crippen molar-refractivity contribution in [3.05, 3.63) is 0 Å². The number of hydrogen-bond acceptors (Lipinski definition) is 2. The van der Waals surface area contributed by atoms with Crippen LogP contribution < -0.4 is 0 Å². The molecule has 0 heterocycles. The Hall–Kier alpha value is -0.0800. The van der Waals surface area contributed by atoms with Gasteiger partial charge in [-0.3, -0.25) is 0 Å². The van der Waals surface area contributed by atoms with Gasteiger partial charge in [0.25, 0.3) is 0 Å². The molecule has 0 aromatic carbocycles. The molecule has 2 heteroatoms. The highest BCUT2D eigenvalue weighted by atomic mass is 16.3. The van der Waals surface area contributed by atoms with E-state index in [1.807, 2.05) is 6.92 Å². The predicted molar refractivity (Wildman–Crippen MR) is 42.1 cm³/mol. The van der Waals surface area contributed by atoms with E-state index in [4.69, 9.17) is 5.11 Å². The molecule has 2 N–H and O–H groups in total. The lowest BCUT2D eigenvalue weighted by molar-refractivity contribution is -0.176. The molecular formula is C9H16O2. The summed E-state index contributed by atoms with van der Waals surface area (Å²) < 4.78 is 0. The number of aliphatic hydroxyl groups excluding tert-OH is 1. The molecule has 2 aliphatic carbocycles. The van der Waals surface area contributed by atoms with Gasteiger partial charge in [0.15, 0.2) is 0 Å². The van der Waals surface area contributed by atoms with E-state index in [0.717, 1.165) is 25.7 Å². The maximum atomic E-state index is 9.51. The van der Waals surface area contributed by atoms with Crippen LogP contribution in [0, 0.1) is 11.3 Å². The maximum Gasteiger partial charge on any atom is 0.0630 e. The Morgan fingerprint density at radius 3 is 2.27 bits per heavy atom. The topological polar surface area (TPSA) is 40.5 Å². The third-order valence-electron chi connectivity index (χ3n) is 3.21. The van der Waals surface area contributed by atoms with Crippen LogP contribution in [0.4, 0.5) is 0 Å². The molecule has 0 radical (unpaired) electrons. The van der Waals surface area contributed by atoms with E-state index in [1.165, 1.54) is 0 Å². The molecule has 1 spiro atoms. The first kappa shape index (κ1) is 7.56. The molecule has 0 unspecified atom stereocenters. The minimum atomic E-state index is -0.388. The first-order valence-electron chi connectivity index (χ1n) is 4.39. The van der Waals surface area contributed by atoms with Crippen molar-refractivity contribution in [1.29, 1.82) is 0 Å². The smallest absolute Gasteiger partial charge is 0.0630 e. The van der Waals surface area contributed by atoms with Crippen LogP contribution in [0.15, 0.2) is 0 Å². The first-order valence-corrected chi connectivity index (χ1v) is 4.39. The zero-order valence-corrected chi connectivity index (χ0v) is 7.01. The molecule has 0 bridgehead atoms. The van der Waals surface area contributed by atoms with Gasteiger partial charge in [-0.25, -0.2) is 0 Å². The maximum absolute atomic E-state index is 9.51. The summed E-state index contributed by atoms with van der Waals surface area (Å²) in [4.78, 5) is 0. The average molecular weight is 156 g/mol. The number of aliphatic hydroxyl groups is 2. The van der Waals surface area contributed by atoms with E-state index in [0.29, 0.717) is 17.9 Å². The van der Waals surface area contributed by atoms with Gasteiger partial charge < -0.3 is 10.2 Å². The Balaban J connectivity index is 1.83. The van der Waals surface area contributed by atoms with Crippen molar-refractivity contribution >= 4 is 0 Å². The molecule has 0 atom stereocenters. The summed E-state index contributed by atoms with van der Waals surface area (Å²) >= 11 is 0. The first-order chi connectivity index (χ1) is 5.05. The van der Waals surface area contributed by atoms with E-state index in [2.05, 4.69) is 0 Å². The van der Waals surface area contributed by atoms with Gasteiger partial charge in [-0.2, -0.15) is 0 Å². The van der Waals surface area contributed by atoms with Crippen molar-refractivity contribution in [1.82, 2.24) is 0 Å². The molecule has 2 aliphatic rings. The van der Waals surface area contributed by atoms with Gasteiger partial charge in [0, 0.05) is 6.61 Å². The molecule has 2 rings (SSSR count). The third-order valence-corrected chi connectivity index (χ3v) is 3.21. The molecule has 0 aliphatic heterocycles. The minimum absolute atomic E-state index is 0.337. The van der Waals surface area contributed by atoms with E-state index in [-0.39, 0.29) is 5.60 Å². The molecule has 0 saturated heterocycles. The summed E-state index contributed by atoms with van der Waals surface area (Å²) in [5, 5.41) is 18.3. The molecule has 2 saturated carbocycles. The second-order valence-electron chi connectivity index (χ2n) is 4.81. The van der Waals surface area contributed by atoms with Crippen LogP contribution in [0.2, 0.25) is 0 Å². The van der Waals surface area contributed by atoms with Crippen molar-refractivity contribution in [3.63, 3.8) is 0 Å². The number of hydrogen-bond donors (Lipinski definition) is 2. The fraction of sp³-hybridized carbons (Fsp3) is 1.00. The lowest BCUT2D eigenvalue weighted by Crippen LogP contribution is -2.56. The van der Waals surface area contributed by atoms with E-state index < -0.39 is 0 Å². The fourth-order valence-corrected chi connectivity index (χ4v) is 3.15. The molecule has 11 heavy (non-hydrogen) atoms. The second kappa shape index (κ2) is 1.99. The molecule has 0 aromatic rings. The Morgan fingerprint density at radius 1 is 1.36 bits per heavy atom. The highest BCUT2D eigenvalue weighted by molar-refractivity contribution is 5.08. The largest absolute Gasteiger partial charge is 0.396 e. The molecule has 2 nitrogen and oxygen atoms in total. The molecule has 0 aromatic heterocycles. The van der Waals surface area contributed by atoms with Crippen LogP contribution in [-0.2, 0) is 0 Å². The third kappa shape index (κ3) is 1.09. The SMILES string of the molecule is CC1(O)CC2(CC(CO)C2)C1. The van der Waals surface area contributed by atoms with Crippen LogP contribution in [0.25, 0.3) is 0 Å².